The normalized spacial score (nSPS) is 16.0. The molecule has 1 unspecified atom stereocenters. The van der Waals surface area contributed by atoms with Crippen LogP contribution in [0.1, 0.15) is 16.7 Å². The van der Waals surface area contributed by atoms with Gasteiger partial charge in [-0.05, 0) is 36.6 Å². The number of benzene rings is 2. The van der Waals surface area contributed by atoms with Crippen LogP contribution in [0.2, 0.25) is 0 Å². The fourth-order valence-electron chi connectivity index (χ4n) is 2.33. The van der Waals surface area contributed by atoms with E-state index in [0.29, 0.717) is 13.0 Å². The van der Waals surface area contributed by atoms with Gasteiger partial charge in [-0.3, -0.25) is 4.79 Å². The van der Waals surface area contributed by atoms with Crippen molar-refractivity contribution in [3.05, 3.63) is 71.0 Å². The maximum atomic E-state index is 13.0. The third-order valence-corrected chi connectivity index (χ3v) is 3.56. The number of hydrogen-bond acceptors (Lipinski definition) is 3. The van der Waals surface area contributed by atoms with Gasteiger partial charge < -0.3 is 10.1 Å². The zero-order chi connectivity index (χ0) is 15.9. The first kappa shape index (κ1) is 16.2. The quantitative estimate of drug-likeness (QED) is 0.823. The minimum atomic E-state index is -0.357. The zero-order valence-electron chi connectivity index (χ0n) is 12.8. The van der Waals surface area contributed by atoms with E-state index in [9.17, 15) is 9.18 Å². The summed E-state index contributed by atoms with van der Waals surface area (Å²) in [5, 5.41) is 3.05. The van der Waals surface area contributed by atoms with Crippen molar-refractivity contribution in [2.24, 2.45) is 0 Å². The molecule has 2 aromatic carbocycles. The average Bonchev–Trinajstić information content (AvgIpc) is 2.54. The SMILES string of the molecule is COC(=O)C1Cc2cc(F)ccc2CN1.Cc1ccccc1. The Kier molecular flexibility index (Phi) is 5.67. The van der Waals surface area contributed by atoms with Crippen LogP contribution in [0.3, 0.4) is 0 Å². The highest BCUT2D eigenvalue weighted by atomic mass is 19.1. The number of hydrogen-bond donors (Lipinski definition) is 1. The summed E-state index contributed by atoms with van der Waals surface area (Å²) in [5.74, 6) is -0.566. The fraction of sp³-hybridized carbons (Fsp3) is 0.278. The van der Waals surface area contributed by atoms with E-state index in [1.807, 2.05) is 18.2 Å². The number of carbonyl (C=O) groups is 1. The molecule has 0 fully saturated rings. The van der Waals surface area contributed by atoms with Gasteiger partial charge >= 0.3 is 5.97 Å². The highest BCUT2D eigenvalue weighted by Crippen LogP contribution is 2.18. The van der Waals surface area contributed by atoms with Gasteiger partial charge in [0.2, 0.25) is 0 Å². The fourth-order valence-corrected chi connectivity index (χ4v) is 2.33. The molecule has 0 aliphatic carbocycles. The summed E-state index contributed by atoms with van der Waals surface area (Å²) in [5.41, 5.74) is 3.24. The Morgan fingerprint density at radius 2 is 1.91 bits per heavy atom. The molecule has 116 valence electrons. The molecule has 1 N–H and O–H groups in total. The van der Waals surface area contributed by atoms with Crippen molar-refractivity contribution in [3.8, 4) is 0 Å². The van der Waals surface area contributed by atoms with Gasteiger partial charge in [0.25, 0.3) is 0 Å². The number of aryl methyl sites for hydroxylation is 1. The Balaban J connectivity index is 0.000000211. The summed E-state index contributed by atoms with van der Waals surface area (Å²) in [4.78, 5) is 11.3. The molecule has 1 aliphatic heterocycles. The topological polar surface area (TPSA) is 38.3 Å². The summed E-state index contributed by atoms with van der Waals surface area (Å²) < 4.78 is 17.6. The maximum absolute atomic E-state index is 13.0. The lowest BCUT2D eigenvalue weighted by Crippen LogP contribution is -2.42. The average molecular weight is 301 g/mol. The van der Waals surface area contributed by atoms with Gasteiger partial charge in [0, 0.05) is 6.54 Å². The number of halogens is 1. The standard InChI is InChI=1S/C11H12FNO2.C7H8/c1-15-11(14)10-5-8-4-9(12)3-2-7(8)6-13-10;1-7-5-3-2-4-6-7/h2-4,10,13H,5-6H2,1H3;2-6H,1H3. The number of rotatable bonds is 1. The third-order valence-electron chi connectivity index (χ3n) is 3.56. The summed E-state index contributed by atoms with van der Waals surface area (Å²) in [6, 6.07) is 14.6. The van der Waals surface area contributed by atoms with Crippen molar-refractivity contribution in [2.45, 2.75) is 25.9 Å². The summed E-state index contributed by atoms with van der Waals surface area (Å²) in [6.45, 7) is 2.66. The molecule has 1 aliphatic rings. The number of ether oxygens (including phenoxy) is 1. The molecule has 22 heavy (non-hydrogen) atoms. The molecule has 0 aromatic heterocycles. The van der Waals surface area contributed by atoms with Crippen LogP contribution >= 0.6 is 0 Å². The second kappa shape index (κ2) is 7.71. The van der Waals surface area contributed by atoms with Gasteiger partial charge in [0.15, 0.2) is 0 Å². The van der Waals surface area contributed by atoms with Crippen LogP contribution in [0.5, 0.6) is 0 Å². The number of nitrogens with one attached hydrogen (secondary N) is 1. The molecule has 0 saturated carbocycles. The van der Waals surface area contributed by atoms with Gasteiger partial charge in [-0.15, -0.1) is 0 Å². The second-order valence-corrected chi connectivity index (χ2v) is 5.23. The lowest BCUT2D eigenvalue weighted by atomic mass is 9.96. The molecule has 0 radical (unpaired) electrons. The molecule has 1 heterocycles. The largest absolute Gasteiger partial charge is 0.468 e. The van der Waals surface area contributed by atoms with E-state index in [0.717, 1.165) is 11.1 Å². The maximum Gasteiger partial charge on any atom is 0.323 e. The van der Waals surface area contributed by atoms with Crippen LogP contribution in [0.25, 0.3) is 0 Å². The molecule has 0 amide bonds. The van der Waals surface area contributed by atoms with Crippen LogP contribution < -0.4 is 5.32 Å². The second-order valence-electron chi connectivity index (χ2n) is 5.23. The Labute approximate surface area is 130 Å². The van der Waals surface area contributed by atoms with Crippen LogP contribution in [-0.2, 0) is 22.5 Å². The molecule has 0 saturated heterocycles. The Morgan fingerprint density at radius 3 is 2.50 bits per heavy atom. The minimum absolute atomic E-state index is 0.265. The van der Waals surface area contributed by atoms with E-state index in [2.05, 4.69) is 29.1 Å². The van der Waals surface area contributed by atoms with Gasteiger partial charge in [0.05, 0.1) is 7.11 Å². The van der Waals surface area contributed by atoms with E-state index in [4.69, 9.17) is 0 Å². The first-order valence-corrected chi connectivity index (χ1v) is 7.20. The van der Waals surface area contributed by atoms with Crippen molar-refractivity contribution in [1.82, 2.24) is 5.32 Å². The minimum Gasteiger partial charge on any atom is -0.468 e. The van der Waals surface area contributed by atoms with E-state index in [1.54, 1.807) is 6.07 Å². The first-order chi connectivity index (χ1) is 10.6. The van der Waals surface area contributed by atoms with Gasteiger partial charge in [-0.25, -0.2) is 4.39 Å². The number of esters is 1. The van der Waals surface area contributed by atoms with Crippen LogP contribution in [0, 0.1) is 12.7 Å². The highest BCUT2D eigenvalue weighted by molar-refractivity contribution is 5.76. The summed E-state index contributed by atoms with van der Waals surface area (Å²) >= 11 is 0. The van der Waals surface area contributed by atoms with Crippen LogP contribution in [-0.4, -0.2) is 19.1 Å². The third kappa shape index (κ3) is 4.40. The Morgan fingerprint density at radius 1 is 1.18 bits per heavy atom. The van der Waals surface area contributed by atoms with Gasteiger partial charge in [-0.2, -0.15) is 0 Å². The Hall–Kier alpha value is -2.20. The Bertz CT molecular complexity index is 628. The van der Waals surface area contributed by atoms with Crippen molar-refractivity contribution in [1.29, 1.82) is 0 Å². The van der Waals surface area contributed by atoms with E-state index < -0.39 is 0 Å². The lowest BCUT2D eigenvalue weighted by Gasteiger charge is -2.24. The van der Waals surface area contributed by atoms with Gasteiger partial charge in [0.1, 0.15) is 11.9 Å². The molecule has 4 heteroatoms. The molecule has 2 aromatic rings. The smallest absolute Gasteiger partial charge is 0.323 e. The predicted molar refractivity (Wildman–Crippen MR) is 83.9 cm³/mol. The molecule has 3 rings (SSSR count). The lowest BCUT2D eigenvalue weighted by molar-refractivity contribution is -0.143. The first-order valence-electron chi connectivity index (χ1n) is 7.20. The highest BCUT2D eigenvalue weighted by Gasteiger charge is 2.24. The van der Waals surface area contributed by atoms with E-state index in [1.165, 1.54) is 24.8 Å². The molecule has 0 bridgehead atoms. The number of fused-ring (bicyclic) bond motifs is 1. The molecular weight excluding hydrogens is 281 g/mol. The van der Waals surface area contributed by atoms with Crippen molar-refractivity contribution in [2.75, 3.05) is 7.11 Å². The molecular formula is C18H20FNO2. The zero-order valence-corrected chi connectivity index (χ0v) is 12.8. The van der Waals surface area contributed by atoms with Crippen molar-refractivity contribution < 1.29 is 13.9 Å². The number of methoxy groups -OCH3 is 1. The van der Waals surface area contributed by atoms with Crippen molar-refractivity contribution >= 4 is 5.97 Å². The molecule has 1 atom stereocenters. The monoisotopic (exact) mass is 301 g/mol. The van der Waals surface area contributed by atoms with Crippen molar-refractivity contribution in [3.63, 3.8) is 0 Å². The van der Waals surface area contributed by atoms with Gasteiger partial charge in [-0.1, -0.05) is 42.0 Å². The van der Waals surface area contributed by atoms with E-state index in [-0.39, 0.29) is 17.8 Å². The van der Waals surface area contributed by atoms with Crippen LogP contribution in [0.4, 0.5) is 4.39 Å². The number of carbonyl (C=O) groups excluding carboxylic acids is 1. The summed E-state index contributed by atoms with van der Waals surface area (Å²) in [6.07, 6.45) is 0.486. The van der Waals surface area contributed by atoms with E-state index >= 15 is 0 Å². The summed E-state index contributed by atoms with van der Waals surface area (Å²) in [7, 11) is 1.35. The predicted octanol–water partition coefficient (Wildman–Crippen LogP) is 3.01. The molecule has 3 nitrogen and oxygen atoms in total. The molecule has 0 spiro atoms. The van der Waals surface area contributed by atoms with Crippen LogP contribution in [0.15, 0.2) is 48.5 Å².